The zero-order chi connectivity index (χ0) is 15.3. The van der Waals surface area contributed by atoms with Crippen LogP contribution in [0.3, 0.4) is 0 Å². The third-order valence-corrected chi connectivity index (χ3v) is 5.68. The Morgan fingerprint density at radius 1 is 1.00 bits per heavy atom. The van der Waals surface area contributed by atoms with Crippen molar-refractivity contribution in [3.63, 3.8) is 0 Å². The summed E-state index contributed by atoms with van der Waals surface area (Å²) in [5.74, 6) is 0. The fourth-order valence-electron chi connectivity index (χ4n) is 4.02. The van der Waals surface area contributed by atoms with Gasteiger partial charge in [-0.05, 0) is 31.2 Å². The second-order valence-electron chi connectivity index (χ2n) is 6.75. The van der Waals surface area contributed by atoms with E-state index >= 15 is 0 Å². The number of nitrogens with zero attached hydrogens (tertiary/aromatic N) is 2. The highest BCUT2D eigenvalue weighted by Crippen LogP contribution is 2.32. The summed E-state index contributed by atoms with van der Waals surface area (Å²) in [4.78, 5) is 5.39. The third-order valence-electron chi connectivity index (χ3n) is 5.68. The number of ether oxygens (including phenoxy) is 1. The topological polar surface area (TPSA) is 15.7 Å². The first-order valence-electron chi connectivity index (χ1n) is 8.91. The van der Waals surface area contributed by atoms with Crippen molar-refractivity contribution in [2.24, 2.45) is 0 Å². The molecule has 22 heavy (non-hydrogen) atoms. The normalized spacial score (nSPS) is 23.5. The maximum Gasteiger partial charge on any atom is 0.0483 e. The van der Waals surface area contributed by atoms with Gasteiger partial charge in [-0.1, -0.05) is 37.3 Å². The average molecular weight is 302 g/mol. The van der Waals surface area contributed by atoms with Gasteiger partial charge in [-0.25, -0.2) is 0 Å². The minimum absolute atomic E-state index is 0.420. The number of benzene rings is 1. The largest absolute Gasteiger partial charge is 0.381 e. The molecule has 0 bridgehead atoms. The number of piperazine rings is 1. The molecule has 0 atom stereocenters. The van der Waals surface area contributed by atoms with Gasteiger partial charge in [-0.2, -0.15) is 0 Å². The van der Waals surface area contributed by atoms with Gasteiger partial charge in [0.2, 0.25) is 0 Å². The molecule has 1 aromatic rings. The number of hydrogen-bond donors (Lipinski definition) is 0. The molecule has 0 saturated carbocycles. The van der Waals surface area contributed by atoms with Crippen molar-refractivity contribution in [3.05, 3.63) is 35.9 Å². The molecule has 0 amide bonds. The molecule has 0 unspecified atom stereocenters. The first-order chi connectivity index (χ1) is 10.8. The molecule has 3 nitrogen and oxygen atoms in total. The summed E-state index contributed by atoms with van der Waals surface area (Å²) in [7, 11) is 0. The lowest BCUT2D eigenvalue weighted by Gasteiger charge is -2.49. The van der Waals surface area contributed by atoms with E-state index in [1.807, 2.05) is 0 Å². The Bertz CT molecular complexity index is 434. The monoisotopic (exact) mass is 302 g/mol. The van der Waals surface area contributed by atoms with E-state index < -0.39 is 0 Å². The summed E-state index contributed by atoms with van der Waals surface area (Å²) in [5.41, 5.74) is 1.88. The van der Waals surface area contributed by atoms with E-state index in [2.05, 4.69) is 47.1 Å². The van der Waals surface area contributed by atoms with Crippen LogP contribution in [0.5, 0.6) is 0 Å². The highest BCUT2D eigenvalue weighted by atomic mass is 16.5. The molecule has 0 radical (unpaired) electrons. The van der Waals surface area contributed by atoms with Crippen LogP contribution in [0.2, 0.25) is 0 Å². The highest BCUT2D eigenvalue weighted by Gasteiger charge is 2.37. The Labute approximate surface area is 135 Å². The van der Waals surface area contributed by atoms with E-state index in [4.69, 9.17) is 4.74 Å². The van der Waals surface area contributed by atoms with Gasteiger partial charge in [-0.3, -0.25) is 4.90 Å². The Hall–Kier alpha value is -0.900. The Morgan fingerprint density at radius 3 is 2.32 bits per heavy atom. The van der Waals surface area contributed by atoms with Gasteiger partial charge in [0.1, 0.15) is 0 Å². The van der Waals surface area contributed by atoms with E-state index in [-0.39, 0.29) is 0 Å². The van der Waals surface area contributed by atoms with Crippen molar-refractivity contribution >= 4 is 0 Å². The Morgan fingerprint density at radius 2 is 1.68 bits per heavy atom. The van der Waals surface area contributed by atoms with E-state index in [9.17, 15) is 0 Å². The van der Waals surface area contributed by atoms with Crippen LogP contribution < -0.4 is 0 Å². The maximum atomic E-state index is 5.59. The van der Waals surface area contributed by atoms with Crippen LogP contribution in [0.4, 0.5) is 0 Å². The molecule has 0 spiro atoms. The molecule has 0 aromatic heterocycles. The highest BCUT2D eigenvalue weighted by molar-refractivity contribution is 5.14. The van der Waals surface area contributed by atoms with Crippen molar-refractivity contribution in [2.45, 2.75) is 38.1 Å². The molecule has 2 aliphatic heterocycles. The summed E-state index contributed by atoms with van der Waals surface area (Å²) in [6.45, 7) is 10.3. The predicted molar refractivity (Wildman–Crippen MR) is 91.2 cm³/mol. The third kappa shape index (κ3) is 3.70. The first-order valence-corrected chi connectivity index (χ1v) is 8.91. The van der Waals surface area contributed by atoms with Crippen LogP contribution in [-0.2, 0) is 11.2 Å². The SMILES string of the molecule is CCC1(N2CCN(CCc3ccccc3)CC2)CCOCC1. The van der Waals surface area contributed by atoms with Gasteiger partial charge in [-0.15, -0.1) is 0 Å². The van der Waals surface area contributed by atoms with Crippen molar-refractivity contribution in [2.75, 3.05) is 45.9 Å². The molecule has 2 fully saturated rings. The summed E-state index contributed by atoms with van der Waals surface area (Å²) in [5, 5.41) is 0. The second-order valence-corrected chi connectivity index (χ2v) is 6.75. The summed E-state index contributed by atoms with van der Waals surface area (Å²) in [6.07, 6.45) is 4.87. The molecule has 2 aliphatic rings. The van der Waals surface area contributed by atoms with E-state index in [1.165, 1.54) is 64.0 Å². The van der Waals surface area contributed by atoms with E-state index in [0.29, 0.717) is 5.54 Å². The summed E-state index contributed by atoms with van der Waals surface area (Å²) >= 11 is 0. The van der Waals surface area contributed by atoms with Gasteiger partial charge in [0.25, 0.3) is 0 Å². The predicted octanol–water partition coefficient (Wildman–Crippen LogP) is 2.81. The van der Waals surface area contributed by atoms with Gasteiger partial charge in [0.05, 0.1) is 0 Å². The summed E-state index contributed by atoms with van der Waals surface area (Å²) < 4.78 is 5.59. The molecule has 2 heterocycles. The van der Waals surface area contributed by atoms with Crippen molar-refractivity contribution in [3.8, 4) is 0 Å². The van der Waals surface area contributed by atoms with Crippen molar-refractivity contribution in [1.82, 2.24) is 9.80 Å². The van der Waals surface area contributed by atoms with Gasteiger partial charge in [0.15, 0.2) is 0 Å². The quantitative estimate of drug-likeness (QED) is 0.832. The van der Waals surface area contributed by atoms with Crippen LogP contribution in [-0.4, -0.2) is 61.3 Å². The van der Waals surface area contributed by atoms with Gasteiger partial charge >= 0.3 is 0 Å². The zero-order valence-electron chi connectivity index (χ0n) is 14.0. The van der Waals surface area contributed by atoms with Crippen LogP contribution >= 0.6 is 0 Å². The Balaban J connectivity index is 1.47. The average Bonchev–Trinajstić information content (AvgIpc) is 2.62. The van der Waals surface area contributed by atoms with Crippen molar-refractivity contribution in [1.29, 1.82) is 0 Å². The molecular weight excluding hydrogens is 272 g/mol. The smallest absolute Gasteiger partial charge is 0.0483 e. The molecule has 0 aliphatic carbocycles. The molecule has 3 rings (SSSR count). The standard InChI is InChI=1S/C19H30N2O/c1-2-19(9-16-22-17-10-19)21-14-12-20(13-15-21)11-8-18-6-4-3-5-7-18/h3-7H,2,8-17H2,1H3. The molecule has 0 N–H and O–H groups in total. The molecule has 122 valence electrons. The molecular formula is C19H30N2O. The Kier molecular flexibility index (Phi) is 5.51. The molecule has 2 saturated heterocycles. The van der Waals surface area contributed by atoms with Crippen molar-refractivity contribution < 1.29 is 4.74 Å². The number of hydrogen-bond acceptors (Lipinski definition) is 3. The molecule has 3 heteroatoms. The van der Waals surface area contributed by atoms with Crippen LogP contribution in [0.15, 0.2) is 30.3 Å². The lowest BCUT2D eigenvalue weighted by atomic mass is 9.85. The maximum absolute atomic E-state index is 5.59. The lowest BCUT2D eigenvalue weighted by molar-refractivity contribution is -0.0490. The zero-order valence-corrected chi connectivity index (χ0v) is 14.0. The lowest BCUT2D eigenvalue weighted by Crippen LogP contribution is -2.58. The molecule has 1 aromatic carbocycles. The minimum atomic E-state index is 0.420. The van der Waals surface area contributed by atoms with Crippen LogP contribution in [0.25, 0.3) is 0 Å². The van der Waals surface area contributed by atoms with Gasteiger partial charge in [0, 0.05) is 51.5 Å². The van der Waals surface area contributed by atoms with Gasteiger partial charge < -0.3 is 9.64 Å². The minimum Gasteiger partial charge on any atom is -0.381 e. The first kappa shape index (κ1) is 16.0. The van der Waals surface area contributed by atoms with Crippen LogP contribution in [0, 0.1) is 0 Å². The second kappa shape index (κ2) is 7.58. The van der Waals surface area contributed by atoms with E-state index in [1.54, 1.807) is 0 Å². The van der Waals surface area contributed by atoms with Crippen LogP contribution in [0.1, 0.15) is 31.7 Å². The summed E-state index contributed by atoms with van der Waals surface area (Å²) in [6, 6.07) is 10.9. The van der Waals surface area contributed by atoms with E-state index in [0.717, 1.165) is 13.2 Å². The fourth-order valence-corrected chi connectivity index (χ4v) is 4.02. The number of rotatable bonds is 5. The fraction of sp³-hybridized carbons (Fsp3) is 0.684.